The van der Waals surface area contributed by atoms with Crippen molar-refractivity contribution in [1.82, 2.24) is 9.47 Å². The number of aromatic nitrogens is 1. The second-order valence-corrected chi connectivity index (χ2v) is 9.18. The minimum Gasteiger partial charge on any atom is -0.345 e. The van der Waals surface area contributed by atoms with Crippen LogP contribution in [0.2, 0.25) is 0 Å². The van der Waals surface area contributed by atoms with E-state index in [0.29, 0.717) is 12.6 Å². The van der Waals surface area contributed by atoms with Crippen molar-refractivity contribution in [2.45, 2.75) is 58.2 Å². The first-order valence-electron chi connectivity index (χ1n) is 10.9. The number of amides is 1. The van der Waals surface area contributed by atoms with E-state index >= 15 is 0 Å². The molecule has 30 heavy (non-hydrogen) atoms. The summed E-state index contributed by atoms with van der Waals surface area (Å²) in [4.78, 5) is 15.7. The molecule has 3 nitrogen and oxygen atoms in total. The molecule has 1 heterocycles. The molecular formula is C26H29BrN2O. The van der Waals surface area contributed by atoms with Crippen molar-refractivity contribution in [2.24, 2.45) is 0 Å². The summed E-state index contributed by atoms with van der Waals surface area (Å²) in [6.07, 6.45) is 7.99. The van der Waals surface area contributed by atoms with Gasteiger partial charge in [0.25, 0.3) is 5.91 Å². The molecule has 1 amide bonds. The highest BCUT2D eigenvalue weighted by Gasteiger charge is 2.28. The van der Waals surface area contributed by atoms with Gasteiger partial charge in [0.15, 0.2) is 0 Å². The molecule has 156 valence electrons. The lowest BCUT2D eigenvalue weighted by Gasteiger charge is -2.35. The first-order chi connectivity index (χ1) is 14.6. The Labute approximate surface area is 187 Å². The lowest BCUT2D eigenvalue weighted by atomic mass is 9.93. The Hall–Kier alpha value is -2.33. The summed E-state index contributed by atoms with van der Waals surface area (Å²) >= 11 is 3.58. The number of hydrogen-bond donors (Lipinski definition) is 0. The molecule has 1 aliphatic rings. The Morgan fingerprint density at radius 1 is 1.03 bits per heavy atom. The van der Waals surface area contributed by atoms with Crippen molar-refractivity contribution in [3.8, 4) is 0 Å². The maximum atomic E-state index is 13.6. The molecule has 2 aromatic carbocycles. The lowest BCUT2D eigenvalue weighted by Crippen LogP contribution is -2.41. The third-order valence-corrected chi connectivity index (χ3v) is 6.76. The Balaban J connectivity index is 1.60. The van der Waals surface area contributed by atoms with Gasteiger partial charge >= 0.3 is 0 Å². The molecule has 3 aromatic rings. The third-order valence-electron chi connectivity index (χ3n) is 6.07. The highest BCUT2D eigenvalue weighted by Crippen LogP contribution is 2.28. The normalized spacial score (nSPS) is 14.6. The monoisotopic (exact) mass is 464 g/mol. The Morgan fingerprint density at radius 2 is 1.83 bits per heavy atom. The van der Waals surface area contributed by atoms with E-state index in [4.69, 9.17) is 0 Å². The molecule has 0 N–H and O–H groups in total. The molecule has 1 fully saturated rings. The average Bonchev–Trinajstić information content (AvgIpc) is 3.19. The quantitative estimate of drug-likeness (QED) is 0.404. The summed E-state index contributed by atoms with van der Waals surface area (Å²) in [6, 6.07) is 21.0. The molecule has 1 saturated carbocycles. The van der Waals surface area contributed by atoms with Gasteiger partial charge in [-0.2, -0.15) is 0 Å². The van der Waals surface area contributed by atoms with Gasteiger partial charge in [0.2, 0.25) is 0 Å². The number of rotatable bonds is 6. The van der Waals surface area contributed by atoms with E-state index in [-0.39, 0.29) is 5.91 Å². The fourth-order valence-corrected chi connectivity index (χ4v) is 4.93. The van der Waals surface area contributed by atoms with Crippen LogP contribution in [-0.2, 0) is 13.1 Å². The molecular weight excluding hydrogens is 436 g/mol. The molecule has 4 heteroatoms. The van der Waals surface area contributed by atoms with E-state index in [1.54, 1.807) is 0 Å². The van der Waals surface area contributed by atoms with Gasteiger partial charge in [0.05, 0.1) is 12.1 Å². The number of hydrogen-bond acceptors (Lipinski definition) is 1. The van der Waals surface area contributed by atoms with Crippen molar-refractivity contribution < 1.29 is 4.79 Å². The van der Waals surface area contributed by atoms with E-state index < -0.39 is 0 Å². The van der Waals surface area contributed by atoms with Gasteiger partial charge in [-0.05, 0) is 65.5 Å². The molecule has 0 unspecified atom stereocenters. The fraction of sp³-hybridized carbons (Fsp3) is 0.346. The molecule has 1 aliphatic carbocycles. The maximum Gasteiger partial charge on any atom is 0.255 e. The SMILES string of the molecule is Cc1cccc(Cn2cccc2CN(C(=O)c2ccccc2Br)C2CCCCC2)c1. The minimum absolute atomic E-state index is 0.123. The smallest absolute Gasteiger partial charge is 0.255 e. The number of carbonyl (C=O) groups excluding carboxylic acids is 1. The number of aryl methyl sites for hydroxylation is 1. The molecule has 0 saturated heterocycles. The van der Waals surface area contributed by atoms with E-state index in [1.165, 1.54) is 36.1 Å². The second kappa shape index (κ2) is 9.65. The van der Waals surface area contributed by atoms with E-state index in [9.17, 15) is 4.79 Å². The summed E-state index contributed by atoms with van der Waals surface area (Å²) in [5, 5.41) is 0. The molecule has 1 aromatic heterocycles. The zero-order valence-corrected chi connectivity index (χ0v) is 19.1. The largest absolute Gasteiger partial charge is 0.345 e. The predicted octanol–water partition coefficient (Wildman–Crippen LogP) is 6.58. The highest BCUT2D eigenvalue weighted by atomic mass is 79.9. The van der Waals surface area contributed by atoms with Gasteiger partial charge < -0.3 is 9.47 Å². The Bertz CT molecular complexity index is 1000. The molecule has 0 spiro atoms. The lowest BCUT2D eigenvalue weighted by molar-refractivity contribution is 0.0607. The van der Waals surface area contributed by atoms with Crippen LogP contribution in [0.5, 0.6) is 0 Å². The van der Waals surface area contributed by atoms with Crippen LogP contribution >= 0.6 is 15.9 Å². The summed E-state index contributed by atoms with van der Waals surface area (Å²) in [5.74, 6) is 0.123. The van der Waals surface area contributed by atoms with Crippen LogP contribution in [0.1, 0.15) is 59.3 Å². The van der Waals surface area contributed by atoms with Crippen LogP contribution in [0.25, 0.3) is 0 Å². The number of benzene rings is 2. The van der Waals surface area contributed by atoms with Crippen LogP contribution < -0.4 is 0 Å². The zero-order valence-electron chi connectivity index (χ0n) is 17.6. The molecule has 4 rings (SSSR count). The minimum atomic E-state index is 0.123. The Kier molecular flexibility index (Phi) is 6.73. The number of halogens is 1. The van der Waals surface area contributed by atoms with Gasteiger partial charge in [-0.1, -0.05) is 61.2 Å². The van der Waals surface area contributed by atoms with Crippen molar-refractivity contribution in [3.05, 3.63) is 93.7 Å². The molecule has 0 radical (unpaired) electrons. The first kappa shape index (κ1) is 20.9. The van der Waals surface area contributed by atoms with Crippen molar-refractivity contribution in [1.29, 1.82) is 0 Å². The van der Waals surface area contributed by atoms with Crippen molar-refractivity contribution in [3.63, 3.8) is 0 Å². The van der Waals surface area contributed by atoms with Crippen molar-refractivity contribution >= 4 is 21.8 Å². The summed E-state index contributed by atoms with van der Waals surface area (Å²) < 4.78 is 3.14. The van der Waals surface area contributed by atoms with Gasteiger partial charge in [-0.15, -0.1) is 0 Å². The van der Waals surface area contributed by atoms with E-state index in [1.807, 2.05) is 24.3 Å². The van der Waals surface area contributed by atoms with Gasteiger partial charge in [-0.25, -0.2) is 0 Å². The molecule has 0 aliphatic heterocycles. The maximum absolute atomic E-state index is 13.6. The third kappa shape index (κ3) is 4.86. The standard InChI is InChI=1S/C26H29BrN2O/c1-20-9-7-10-21(17-20)18-28-16-8-13-23(28)19-29(22-11-3-2-4-12-22)26(30)24-14-5-6-15-25(24)27/h5-10,13-17,22H,2-4,11-12,18-19H2,1H3. The van der Waals surface area contributed by atoms with Crippen LogP contribution in [-0.4, -0.2) is 21.4 Å². The summed E-state index contributed by atoms with van der Waals surface area (Å²) in [7, 11) is 0. The topological polar surface area (TPSA) is 25.2 Å². The van der Waals surface area contributed by atoms with Crippen LogP contribution in [0, 0.1) is 6.92 Å². The first-order valence-corrected chi connectivity index (χ1v) is 11.7. The molecule has 0 bridgehead atoms. The fourth-order valence-electron chi connectivity index (χ4n) is 4.48. The van der Waals surface area contributed by atoms with Crippen molar-refractivity contribution in [2.75, 3.05) is 0 Å². The van der Waals surface area contributed by atoms with Gasteiger partial charge in [0, 0.05) is 29.0 Å². The van der Waals surface area contributed by atoms with E-state index in [2.05, 4.69) is 74.9 Å². The molecule has 0 atom stereocenters. The number of carbonyl (C=O) groups is 1. The van der Waals surface area contributed by atoms with Crippen LogP contribution in [0.4, 0.5) is 0 Å². The Morgan fingerprint density at radius 3 is 2.60 bits per heavy atom. The number of nitrogens with zero attached hydrogens (tertiary/aromatic N) is 2. The van der Waals surface area contributed by atoms with Crippen LogP contribution in [0.15, 0.2) is 71.3 Å². The predicted molar refractivity (Wildman–Crippen MR) is 126 cm³/mol. The average molecular weight is 465 g/mol. The van der Waals surface area contributed by atoms with Gasteiger partial charge in [0.1, 0.15) is 0 Å². The zero-order chi connectivity index (χ0) is 20.9. The summed E-state index contributed by atoms with van der Waals surface area (Å²) in [5.41, 5.74) is 4.49. The highest BCUT2D eigenvalue weighted by molar-refractivity contribution is 9.10. The van der Waals surface area contributed by atoms with E-state index in [0.717, 1.165) is 29.4 Å². The summed E-state index contributed by atoms with van der Waals surface area (Å²) in [6.45, 7) is 3.59. The second-order valence-electron chi connectivity index (χ2n) is 8.32. The van der Waals surface area contributed by atoms with Gasteiger partial charge in [-0.3, -0.25) is 4.79 Å². The van der Waals surface area contributed by atoms with Crippen LogP contribution in [0.3, 0.4) is 0 Å².